The summed E-state index contributed by atoms with van der Waals surface area (Å²) in [4.78, 5) is 14.5. The highest BCUT2D eigenvalue weighted by Gasteiger charge is 2.33. The van der Waals surface area contributed by atoms with E-state index in [0.717, 1.165) is 50.2 Å². The molecular formula is C32H63N2O2+. The lowest BCUT2D eigenvalue weighted by atomic mass is 10.0. The maximum Gasteiger partial charge on any atom is 0.226 e. The number of hydrogen-bond donors (Lipinski definition) is 0. The third kappa shape index (κ3) is 16.8. The summed E-state index contributed by atoms with van der Waals surface area (Å²) >= 11 is 0. The molecule has 212 valence electrons. The number of carbonyl (C=O) groups excluding carboxylic acids is 1. The third-order valence-corrected chi connectivity index (χ3v) is 8.06. The van der Waals surface area contributed by atoms with E-state index in [1.54, 1.807) is 0 Å². The van der Waals surface area contributed by atoms with Crippen LogP contribution in [0.5, 0.6) is 0 Å². The third-order valence-electron chi connectivity index (χ3n) is 8.06. The van der Waals surface area contributed by atoms with E-state index in [1.807, 2.05) is 6.08 Å². The van der Waals surface area contributed by atoms with E-state index in [4.69, 9.17) is 4.74 Å². The van der Waals surface area contributed by atoms with Crippen molar-refractivity contribution < 1.29 is 14.0 Å². The van der Waals surface area contributed by atoms with Gasteiger partial charge in [0.05, 0.1) is 26.3 Å². The number of likely N-dealkylation sites (tertiary alicyclic amines) is 1. The summed E-state index contributed by atoms with van der Waals surface area (Å²) in [5, 5.41) is 0. The Kier molecular flexibility index (Phi) is 21.4. The molecule has 0 aromatic rings. The van der Waals surface area contributed by atoms with E-state index in [2.05, 4.69) is 25.3 Å². The Morgan fingerprint density at radius 2 is 1.25 bits per heavy atom. The molecular weight excluding hydrogens is 444 g/mol. The van der Waals surface area contributed by atoms with Gasteiger partial charge in [-0.1, -0.05) is 116 Å². The summed E-state index contributed by atoms with van der Waals surface area (Å²) in [6, 6.07) is 0. The van der Waals surface area contributed by atoms with Gasteiger partial charge in [0.1, 0.15) is 6.54 Å². The van der Waals surface area contributed by atoms with E-state index in [-0.39, 0.29) is 0 Å². The predicted molar refractivity (Wildman–Crippen MR) is 156 cm³/mol. The van der Waals surface area contributed by atoms with E-state index in [9.17, 15) is 4.79 Å². The zero-order valence-electron chi connectivity index (χ0n) is 24.6. The fourth-order valence-corrected chi connectivity index (χ4v) is 5.68. The Morgan fingerprint density at radius 1 is 0.750 bits per heavy atom. The van der Waals surface area contributed by atoms with Crippen molar-refractivity contribution >= 4 is 5.91 Å². The van der Waals surface area contributed by atoms with Crippen LogP contribution < -0.4 is 0 Å². The second kappa shape index (κ2) is 23.3. The van der Waals surface area contributed by atoms with Crippen molar-refractivity contribution in [1.82, 2.24) is 4.90 Å². The summed E-state index contributed by atoms with van der Waals surface area (Å²) < 4.78 is 6.83. The highest BCUT2D eigenvalue weighted by Crippen LogP contribution is 2.20. The number of unbranched alkanes of at least 4 members (excludes halogenated alkanes) is 16. The molecule has 4 heteroatoms. The maximum atomic E-state index is 12.4. The normalized spacial score (nSPS) is 15.5. The van der Waals surface area contributed by atoms with Crippen molar-refractivity contribution in [3.63, 3.8) is 0 Å². The smallest absolute Gasteiger partial charge is 0.226 e. The molecule has 0 aromatic carbocycles. The van der Waals surface area contributed by atoms with E-state index >= 15 is 0 Å². The summed E-state index contributed by atoms with van der Waals surface area (Å²) in [5.41, 5.74) is 0. The molecule has 1 aliphatic heterocycles. The monoisotopic (exact) mass is 507 g/mol. The van der Waals surface area contributed by atoms with Crippen LogP contribution in [0.1, 0.15) is 142 Å². The second-order valence-corrected chi connectivity index (χ2v) is 11.4. The number of quaternary nitrogens is 1. The average Bonchev–Trinajstić information content (AvgIpc) is 3.28. The highest BCUT2D eigenvalue weighted by atomic mass is 16.5. The summed E-state index contributed by atoms with van der Waals surface area (Å²) in [6.07, 6.45) is 28.5. The summed E-state index contributed by atoms with van der Waals surface area (Å²) in [7, 11) is 0. The average molecular weight is 508 g/mol. The van der Waals surface area contributed by atoms with Crippen LogP contribution >= 0.6 is 0 Å². The first-order valence-electron chi connectivity index (χ1n) is 16.0. The minimum absolute atomic E-state index is 0.355. The van der Waals surface area contributed by atoms with Gasteiger partial charge in [-0.3, -0.25) is 9.69 Å². The van der Waals surface area contributed by atoms with E-state index in [1.165, 1.54) is 122 Å². The molecule has 36 heavy (non-hydrogen) atoms. The molecule has 4 nitrogen and oxygen atoms in total. The molecule has 0 aromatic heterocycles. The first-order valence-corrected chi connectivity index (χ1v) is 16.0. The number of amides is 1. The molecule has 0 saturated carbocycles. The van der Waals surface area contributed by atoms with Crippen LogP contribution in [0.4, 0.5) is 0 Å². The number of rotatable bonds is 27. The van der Waals surface area contributed by atoms with E-state index in [0.29, 0.717) is 12.5 Å². The first-order chi connectivity index (χ1) is 17.7. The molecule has 0 bridgehead atoms. The molecule has 0 aliphatic carbocycles. The van der Waals surface area contributed by atoms with Gasteiger partial charge in [-0.15, -0.1) is 6.58 Å². The van der Waals surface area contributed by atoms with E-state index < -0.39 is 0 Å². The Bertz CT molecular complexity index is 524. The topological polar surface area (TPSA) is 29.5 Å². The summed E-state index contributed by atoms with van der Waals surface area (Å²) in [5.74, 6) is 0.355. The quantitative estimate of drug-likeness (QED) is 0.0632. The minimum Gasteiger partial charge on any atom is -0.372 e. The van der Waals surface area contributed by atoms with Crippen molar-refractivity contribution in [2.45, 2.75) is 142 Å². The SMILES string of the molecule is C=CCOCC[N+](CCCC)(CCCCCCCCCCCCCCCCCC)CN1CCCC1=O. The fourth-order valence-electron chi connectivity index (χ4n) is 5.68. The zero-order chi connectivity index (χ0) is 26.2. The molecule has 0 N–H and O–H groups in total. The van der Waals surface area contributed by atoms with Gasteiger partial charge in [0.25, 0.3) is 0 Å². The number of carbonyl (C=O) groups is 1. The number of hydrogen-bond acceptors (Lipinski definition) is 2. The van der Waals surface area contributed by atoms with Crippen molar-refractivity contribution in [3.8, 4) is 0 Å². The van der Waals surface area contributed by atoms with Gasteiger partial charge < -0.3 is 9.22 Å². The molecule has 1 heterocycles. The molecule has 1 fully saturated rings. The molecule has 1 saturated heterocycles. The van der Waals surface area contributed by atoms with Crippen molar-refractivity contribution in [2.75, 3.05) is 46.1 Å². The van der Waals surface area contributed by atoms with Crippen LogP contribution in [0.3, 0.4) is 0 Å². The van der Waals surface area contributed by atoms with Gasteiger partial charge >= 0.3 is 0 Å². The lowest BCUT2D eigenvalue weighted by Crippen LogP contribution is -2.57. The summed E-state index contributed by atoms with van der Waals surface area (Å²) in [6.45, 7) is 14.9. The van der Waals surface area contributed by atoms with Gasteiger partial charge in [-0.2, -0.15) is 0 Å². The van der Waals surface area contributed by atoms with Gasteiger partial charge in [0.2, 0.25) is 5.91 Å². The van der Waals surface area contributed by atoms with Crippen molar-refractivity contribution in [3.05, 3.63) is 12.7 Å². The molecule has 1 amide bonds. The van der Waals surface area contributed by atoms with Gasteiger partial charge in [0.15, 0.2) is 6.67 Å². The molecule has 1 aliphatic rings. The van der Waals surface area contributed by atoms with Crippen LogP contribution in [0, 0.1) is 0 Å². The van der Waals surface area contributed by atoms with Crippen LogP contribution in [-0.4, -0.2) is 61.4 Å². The van der Waals surface area contributed by atoms with Crippen molar-refractivity contribution in [2.24, 2.45) is 0 Å². The van der Waals surface area contributed by atoms with Crippen LogP contribution in [0.15, 0.2) is 12.7 Å². The largest absolute Gasteiger partial charge is 0.372 e. The second-order valence-electron chi connectivity index (χ2n) is 11.4. The maximum absolute atomic E-state index is 12.4. The molecule has 1 unspecified atom stereocenters. The Labute approximate surface area is 225 Å². The molecule has 1 rings (SSSR count). The van der Waals surface area contributed by atoms with Crippen LogP contribution in [0.2, 0.25) is 0 Å². The highest BCUT2D eigenvalue weighted by molar-refractivity contribution is 5.77. The zero-order valence-corrected chi connectivity index (χ0v) is 24.6. The fraction of sp³-hybridized carbons (Fsp3) is 0.906. The van der Waals surface area contributed by atoms with Gasteiger partial charge in [0, 0.05) is 13.0 Å². The van der Waals surface area contributed by atoms with Crippen molar-refractivity contribution in [1.29, 1.82) is 0 Å². The molecule has 0 radical (unpaired) electrons. The van der Waals surface area contributed by atoms with Crippen LogP contribution in [-0.2, 0) is 9.53 Å². The Hall–Kier alpha value is -0.870. The number of ether oxygens (including phenoxy) is 1. The lowest BCUT2D eigenvalue weighted by molar-refractivity contribution is -0.936. The van der Waals surface area contributed by atoms with Gasteiger partial charge in [-0.25, -0.2) is 0 Å². The van der Waals surface area contributed by atoms with Gasteiger partial charge in [-0.05, 0) is 25.7 Å². The standard InChI is InChI=1S/C32H63N2O2/c1-4-7-9-10-11-12-13-14-15-16-17-18-19-20-21-22-27-34(26-8-5-2,28-30-36-29-6-3)31-33-25-23-24-32(33)35/h6H,3-5,7-31H2,1-2H3/q+1. The first kappa shape index (κ1) is 33.2. The lowest BCUT2D eigenvalue weighted by Gasteiger charge is -2.41. The predicted octanol–water partition coefficient (Wildman–Crippen LogP) is 8.65. The minimum atomic E-state index is 0.355. The molecule has 1 atom stereocenters. The Morgan fingerprint density at radius 3 is 1.72 bits per heavy atom. The molecule has 0 spiro atoms. The Balaban J connectivity index is 2.22. The number of nitrogens with zero attached hydrogens (tertiary/aromatic N) is 2. The van der Waals surface area contributed by atoms with Crippen LogP contribution in [0.25, 0.3) is 0 Å².